The molecule has 5 N–H and O–H groups in total. The molecule has 0 aromatic heterocycles. The zero-order valence-electron chi connectivity index (χ0n) is 16.5. The van der Waals surface area contributed by atoms with E-state index in [0.29, 0.717) is 0 Å². The van der Waals surface area contributed by atoms with Crippen molar-refractivity contribution in [2.75, 3.05) is 24.6 Å². The van der Waals surface area contributed by atoms with Gasteiger partial charge in [-0.05, 0) is 38.1 Å². The molecular weight excluding hydrogens is 396 g/mol. The molecule has 0 aliphatic carbocycles. The van der Waals surface area contributed by atoms with Crippen molar-refractivity contribution in [3.8, 4) is 0 Å². The van der Waals surface area contributed by atoms with Crippen LogP contribution in [0.25, 0.3) is 0 Å². The smallest absolute Gasteiger partial charge is 0.335 e. The zero-order valence-corrected chi connectivity index (χ0v) is 16.5. The number of anilines is 1. The van der Waals surface area contributed by atoms with Gasteiger partial charge in [-0.3, -0.25) is 4.79 Å². The Morgan fingerprint density at radius 3 is 2.37 bits per heavy atom. The summed E-state index contributed by atoms with van der Waals surface area (Å²) in [7, 11) is 0. The van der Waals surface area contributed by atoms with Gasteiger partial charge in [0.1, 0.15) is 18.3 Å². The van der Waals surface area contributed by atoms with E-state index >= 15 is 0 Å². The average molecular weight is 424 g/mol. The molecular formula is C20H28N2O8. The highest BCUT2D eigenvalue weighted by Gasteiger charge is 2.47. The van der Waals surface area contributed by atoms with Crippen molar-refractivity contribution >= 4 is 17.6 Å². The van der Waals surface area contributed by atoms with E-state index in [0.717, 1.165) is 31.6 Å². The van der Waals surface area contributed by atoms with Gasteiger partial charge in [0.05, 0.1) is 13.0 Å². The quantitative estimate of drug-likeness (QED) is 0.374. The van der Waals surface area contributed by atoms with E-state index in [1.807, 2.05) is 30.3 Å². The molecule has 1 aromatic carbocycles. The average Bonchev–Trinajstić information content (AvgIpc) is 2.75. The van der Waals surface area contributed by atoms with Crippen LogP contribution in [0.15, 0.2) is 30.3 Å². The van der Waals surface area contributed by atoms with Crippen LogP contribution in [0.3, 0.4) is 0 Å². The van der Waals surface area contributed by atoms with E-state index in [2.05, 4.69) is 5.32 Å². The van der Waals surface area contributed by atoms with Gasteiger partial charge in [-0.2, -0.15) is 0 Å². The molecule has 0 unspecified atom stereocenters. The number of carboxylic acid groups (broad SMARTS) is 1. The van der Waals surface area contributed by atoms with Crippen molar-refractivity contribution in [1.82, 2.24) is 5.32 Å². The van der Waals surface area contributed by atoms with Crippen LogP contribution in [0.5, 0.6) is 0 Å². The number of para-hydroxylation sites is 1. The Labute approximate surface area is 174 Å². The topological polar surface area (TPSA) is 149 Å². The first-order chi connectivity index (χ1) is 14.4. The highest BCUT2D eigenvalue weighted by atomic mass is 16.7. The minimum absolute atomic E-state index is 0.0260. The normalized spacial score (nSPS) is 30.0. The molecule has 166 valence electrons. The van der Waals surface area contributed by atoms with Crippen LogP contribution < -0.4 is 10.2 Å². The number of nitrogens with zero attached hydrogens (tertiary/aromatic N) is 1. The summed E-state index contributed by atoms with van der Waals surface area (Å²) >= 11 is 0. The van der Waals surface area contributed by atoms with Crippen molar-refractivity contribution in [1.29, 1.82) is 0 Å². The number of rotatable bonds is 7. The van der Waals surface area contributed by atoms with Crippen LogP contribution in [-0.4, -0.2) is 88.7 Å². The second kappa shape index (κ2) is 10.3. The molecule has 30 heavy (non-hydrogen) atoms. The molecule has 2 saturated heterocycles. The number of hydrogen-bond donors (Lipinski definition) is 5. The molecule has 2 heterocycles. The maximum atomic E-state index is 13.0. The van der Waals surface area contributed by atoms with Gasteiger partial charge in [0, 0.05) is 11.7 Å². The molecule has 1 aromatic rings. The first kappa shape index (κ1) is 22.6. The summed E-state index contributed by atoms with van der Waals surface area (Å²) in [6.07, 6.45) is -6.76. The number of carbonyl (C=O) groups is 2. The van der Waals surface area contributed by atoms with Crippen LogP contribution in [0.1, 0.15) is 19.3 Å². The second-order valence-corrected chi connectivity index (χ2v) is 7.44. The summed E-state index contributed by atoms with van der Waals surface area (Å²) in [5, 5.41) is 41.9. The molecule has 3 rings (SSSR count). The lowest BCUT2D eigenvalue weighted by molar-refractivity contribution is -0.293. The van der Waals surface area contributed by atoms with Crippen LogP contribution in [0.2, 0.25) is 0 Å². The van der Waals surface area contributed by atoms with Crippen LogP contribution in [0, 0.1) is 0 Å². The number of ether oxygens (including phenoxy) is 2. The van der Waals surface area contributed by atoms with Gasteiger partial charge < -0.3 is 40.1 Å². The minimum Gasteiger partial charge on any atom is -0.479 e. The molecule has 0 saturated carbocycles. The number of aliphatic carboxylic acids is 1. The van der Waals surface area contributed by atoms with E-state index in [9.17, 15) is 24.9 Å². The fourth-order valence-corrected chi connectivity index (χ4v) is 3.78. The molecule has 0 bridgehead atoms. The lowest BCUT2D eigenvalue weighted by Crippen LogP contribution is -2.60. The van der Waals surface area contributed by atoms with Gasteiger partial charge in [0.15, 0.2) is 12.4 Å². The molecule has 1 amide bonds. The Kier molecular flexibility index (Phi) is 7.75. The van der Waals surface area contributed by atoms with Crippen LogP contribution >= 0.6 is 0 Å². The van der Waals surface area contributed by atoms with E-state index in [-0.39, 0.29) is 25.0 Å². The summed E-state index contributed by atoms with van der Waals surface area (Å²) in [4.78, 5) is 25.9. The highest BCUT2D eigenvalue weighted by Crippen LogP contribution is 2.24. The molecule has 5 atom stereocenters. The predicted octanol–water partition coefficient (Wildman–Crippen LogP) is -0.929. The molecule has 10 heteroatoms. The Bertz CT molecular complexity index is 712. The summed E-state index contributed by atoms with van der Waals surface area (Å²) in [6, 6.07) is 9.37. The lowest BCUT2D eigenvalue weighted by Gasteiger charge is -2.38. The molecule has 2 aliphatic rings. The van der Waals surface area contributed by atoms with E-state index in [4.69, 9.17) is 14.6 Å². The van der Waals surface area contributed by atoms with Crippen molar-refractivity contribution in [2.24, 2.45) is 0 Å². The van der Waals surface area contributed by atoms with Gasteiger partial charge in [-0.1, -0.05) is 18.2 Å². The van der Waals surface area contributed by atoms with Gasteiger partial charge >= 0.3 is 5.97 Å². The van der Waals surface area contributed by atoms with Gasteiger partial charge in [0.25, 0.3) is 0 Å². The van der Waals surface area contributed by atoms with E-state index < -0.39 is 36.7 Å². The second-order valence-electron chi connectivity index (χ2n) is 7.44. The summed E-state index contributed by atoms with van der Waals surface area (Å²) in [6.45, 7) is 1.48. The van der Waals surface area contributed by atoms with E-state index in [1.165, 1.54) is 0 Å². The number of aliphatic hydroxyl groups is 3. The fourth-order valence-electron chi connectivity index (χ4n) is 3.78. The number of hydrogen-bond acceptors (Lipinski definition) is 8. The highest BCUT2D eigenvalue weighted by molar-refractivity contribution is 5.94. The molecule has 0 spiro atoms. The third kappa shape index (κ3) is 5.15. The minimum atomic E-state index is -1.78. The summed E-state index contributed by atoms with van der Waals surface area (Å²) in [5.41, 5.74) is 0.785. The maximum absolute atomic E-state index is 13.0. The molecule has 0 radical (unpaired) electrons. The van der Waals surface area contributed by atoms with Crippen molar-refractivity contribution in [3.05, 3.63) is 30.3 Å². The number of nitrogens with one attached hydrogen (secondary N) is 1. The first-order valence-electron chi connectivity index (χ1n) is 10.0. The SMILES string of the molecule is O=C(O)[C@H]1O[C@@H](OCCC(=O)N(c2ccccc2)C2CCNCC2)[C@H](O)[C@@H](O)[C@@H]1O. The Morgan fingerprint density at radius 1 is 1.07 bits per heavy atom. The third-order valence-corrected chi connectivity index (χ3v) is 5.39. The number of carboxylic acids is 1. The first-order valence-corrected chi connectivity index (χ1v) is 10.0. The molecule has 2 aliphatic heterocycles. The zero-order chi connectivity index (χ0) is 21.7. The fraction of sp³-hybridized carbons (Fsp3) is 0.600. The Morgan fingerprint density at radius 2 is 1.73 bits per heavy atom. The lowest BCUT2D eigenvalue weighted by atomic mass is 9.99. The van der Waals surface area contributed by atoms with Crippen LogP contribution in [-0.2, 0) is 19.1 Å². The molecule has 2 fully saturated rings. The van der Waals surface area contributed by atoms with Crippen molar-refractivity contribution in [2.45, 2.75) is 56.0 Å². The largest absolute Gasteiger partial charge is 0.479 e. The predicted molar refractivity (Wildman–Crippen MR) is 105 cm³/mol. The number of piperidine rings is 1. The van der Waals surface area contributed by atoms with Crippen molar-refractivity contribution in [3.63, 3.8) is 0 Å². The number of aliphatic hydroxyl groups excluding tert-OH is 3. The van der Waals surface area contributed by atoms with E-state index in [1.54, 1.807) is 4.90 Å². The van der Waals surface area contributed by atoms with Gasteiger partial charge in [0.2, 0.25) is 5.91 Å². The van der Waals surface area contributed by atoms with Crippen LogP contribution in [0.4, 0.5) is 5.69 Å². The van der Waals surface area contributed by atoms with Gasteiger partial charge in [-0.25, -0.2) is 4.79 Å². The Hall–Kier alpha value is -2.08. The maximum Gasteiger partial charge on any atom is 0.335 e. The number of benzene rings is 1. The number of carbonyl (C=O) groups excluding carboxylic acids is 1. The summed E-state index contributed by atoms with van der Waals surface area (Å²) < 4.78 is 10.4. The third-order valence-electron chi connectivity index (χ3n) is 5.39. The monoisotopic (exact) mass is 424 g/mol. The van der Waals surface area contributed by atoms with Crippen molar-refractivity contribution < 1.29 is 39.5 Å². The number of amides is 1. The molecule has 10 nitrogen and oxygen atoms in total. The summed E-state index contributed by atoms with van der Waals surface area (Å²) in [5.74, 6) is -1.66. The standard InChI is InChI=1S/C20H28N2O8/c23-14(22(12-4-2-1-3-5-12)13-6-9-21-10-7-13)8-11-29-20-17(26)15(24)16(25)18(30-20)19(27)28/h1-5,13,15-18,20-21,24-26H,6-11H2,(H,27,28)/t15-,16-,17+,18-,20+/m0/s1. The Balaban J connectivity index is 1.61. The van der Waals surface area contributed by atoms with Gasteiger partial charge in [-0.15, -0.1) is 0 Å².